The summed E-state index contributed by atoms with van der Waals surface area (Å²) < 4.78 is 0. The first-order valence-corrected chi connectivity index (χ1v) is 7.07. The van der Waals surface area contributed by atoms with E-state index in [0.29, 0.717) is 16.3 Å². The molecule has 0 saturated heterocycles. The summed E-state index contributed by atoms with van der Waals surface area (Å²) in [4.78, 5) is 15.1. The number of para-hydroxylation sites is 1. The van der Waals surface area contributed by atoms with E-state index in [2.05, 4.69) is 34.8 Å². The predicted molar refractivity (Wildman–Crippen MR) is 79.7 cm³/mol. The van der Waals surface area contributed by atoms with Crippen molar-refractivity contribution < 1.29 is 4.92 Å². The van der Waals surface area contributed by atoms with E-state index in [1.54, 1.807) is 12.3 Å². The van der Waals surface area contributed by atoms with Crippen LogP contribution in [0.1, 0.15) is 19.4 Å². The zero-order valence-corrected chi connectivity index (χ0v) is 12.4. The normalized spacial score (nSPS) is 12.8. The lowest BCUT2D eigenvalue weighted by Crippen LogP contribution is -2.11. The van der Waals surface area contributed by atoms with Crippen LogP contribution in [0.15, 0.2) is 30.5 Å². The quantitative estimate of drug-likeness (QED) is 0.483. The Balaban J connectivity index is 2.52. The Bertz CT molecular complexity index is 613. The highest BCUT2D eigenvalue weighted by Crippen LogP contribution is 2.28. The van der Waals surface area contributed by atoms with Gasteiger partial charge in [0, 0.05) is 22.5 Å². The van der Waals surface area contributed by atoms with Crippen LogP contribution in [0.4, 0.5) is 5.69 Å². The zero-order valence-electron chi connectivity index (χ0n) is 10.8. The Hall–Kier alpha value is -1.49. The van der Waals surface area contributed by atoms with Crippen molar-refractivity contribution in [2.45, 2.75) is 25.1 Å². The van der Waals surface area contributed by atoms with Crippen molar-refractivity contribution in [3.63, 3.8) is 0 Å². The van der Waals surface area contributed by atoms with Crippen LogP contribution in [0.3, 0.4) is 0 Å². The summed E-state index contributed by atoms with van der Waals surface area (Å²) in [6, 6.07) is 7.03. The van der Waals surface area contributed by atoms with E-state index in [9.17, 15) is 10.1 Å². The molecule has 0 aliphatic heterocycles. The predicted octanol–water partition coefficient (Wildman–Crippen LogP) is 4.11. The molecule has 0 saturated carbocycles. The number of alkyl halides is 1. The minimum absolute atomic E-state index is 0.0648. The van der Waals surface area contributed by atoms with E-state index in [1.807, 2.05) is 12.1 Å². The summed E-state index contributed by atoms with van der Waals surface area (Å²) >= 11 is 3.66. The van der Waals surface area contributed by atoms with Gasteiger partial charge in [-0.25, -0.2) is 4.98 Å². The molecule has 0 aliphatic carbocycles. The first-order valence-electron chi connectivity index (χ1n) is 6.15. The van der Waals surface area contributed by atoms with Gasteiger partial charge < -0.3 is 0 Å². The molecule has 1 unspecified atom stereocenters. The van der Waals surface area contributed by atoms with Crippen LogP contribution in [0.5, 0.6) is 0 Å². The Kier molecular flexibility index (Phi) is 4.14. The molecule has 2 rings (SSSR count). The number of nitro benzene ring substituents is 1. The highest BCUT2D eigenvalue weighted by Gasteiger charge is 2.16. The lowest BCUT2D eigenvalue weighted by atomic mass is 9.99. The van der Waals surface area contributed by atoms with Gasteiger partial charge in [0.2, 0.25) is 0 Å². The fraction of sp³-hybridized carbons (Fsp3) is 0.357. The Morgan fingerprint density at radius 3 is 2.74 bits per heavy atom. The molecule has 0 bridgehead atoms. The number of pyridine rings is 1. The summed E-state index contributed by atoms with van der Waals surface area (Å²) in [5.41, 5.74) is 1.62. The van der Waals surface area contributed by atoms with Gasteiger partial charge >= 0.3 is 0 Å². The molecule has 100 valence electrons. The minimum Gasteiger partial charge on any atom is -0.258 e. The van der Waals surface area contributed by atoms with Crippen molar-refractivity contribution in [1.29, 1.82) is 0 Å². The van der Waals surface area contributed by atoms with Crippen molar-refractivity contribution in [2.24, 2.45) is 5.92 Å². The summed E-state index contributed by atoms with van der Waals surface area (Å²) in [6.07, 6.45) is 2.47. The molecule has 1 atom stereocenters. The fourth-order valence-electron chi connectivity index (χ4n) is 1.99. The zero-order chi connectivity index (χ0) is 14.0. The summed E-state index contributed by atoms with van der Waals surface area (Å²) in [6.45, 7) is 4.29. The number of nitrogens with zero attached hydrogens (tertiary/aromatic N) is 2. The fourth-order valence-corrected chi connectivity index (χ4v) is 2.34. The number of halogens is 1. The van der Waals surface area contributed by atoms with Crippen LogP contribution in [0, 0.1) is 16.0 Å². The van der Waals surface area contributed by atoms with Crippen molar-refractivity contribution in [3.05, 3.63) is 46.1 Å². The van der Waals surface area contributed by atoms with Crippen LogP contribution >= 0.6 is 15.9 Å². The van der Waals surface area contributed by atoms with Gasteiger partial charge in [0.15, 0.2) is 0 Å². The largest absolute Gasteiger partial charge is 0.295 e. The van der Waals surface area contributed by atoms with Crippen LogP contribution in [-0.4, -0.2) is 14.7 Å². The van der Waals surface area contributed by atoms with E-state index in [4.69, 9.17) is 0 Å². The van der Waals surface area contributed by atoms with Gasteiger partial charge in [0.1, 0.15) is 5.52 Å². The molecule has 0 spiro atoms. The molecule has 1 aromatic carbocycles. The van der Waals surface area contributed by atoms with Crippen LogP contribution in [0.25, 0.3) is 10.9 Å². The minimum atomic E-state index is -0.382. The van der Waals surface area contributed by atoms with Crippen LogP contribution < -0.4 is 0 Å². The molecule has 0 amide bonds. The first kappa shape index (κ1) is 13.9. The highest BCUT2D eigenvalue weighted by molar-refractivity contribution is 9.09. The molecule has 0 fully saturated rings. The van der Waals surface area contributed by atoms with Crippen LogP contribution in [0.2, 0.25) is 0 Å². The smallest absolute Gasteiger partial charge is 0.258 e. The maximum Gasteiger partial charge on any atom is 0.295 e. The molecule has 1 heterocycles. The molecule has 1 aromatic heterocycles. The number of nitro groups is 1. The second-order valence-electron chi connectivity index (χ2n) is 4.86. The van der Waals surface area contributed by atoms with E-state index in [0.717, 1.165) is 17.4 Å². The highest BCUT2D eigenvalue weighted by atomic mass is 79.9. The average molecular weight is 323 g/mol. The van der Waals surface area contributed by atoms with E-state index >= 15 is 0 Å². The lowest BCUT2D eigenvalue weighted by molar-refractivity contribution is -0.383. The third kappa shape index (κ3) is 2.92. The molecule has 0 aliphatic rings. The molecule has 0 N–H and O–H groups in total. The van der Waals surface area contributed by atoms with Gasteiger partial charge in [-0.05, 0) is 24.0 Å². The standard InChI is InChI=1S/C14H15BrN2O2/c1-9(2)12(15)8-10-6-7-16-14-11(10)4-3-5-13(14)17(18)19/h3-7,9,12H,8H2,1-2H3. The van der Waals surface area contributed by atoms with E-state index in [-0.39, 0.29) is 10.6 Å². The number of hydrogen-bond donors (Lipinski definition) is 0. The molecule has 2 aromatic rings. The number of aromatic nitrogens is 1. The maximum absolute atomic E-state index is 11.0. The maximum atomic E-state index is 11.0. The Morgan fingerprint density at radius 1 is 1.37 bits per heavy atom. The average Bonchev–Trinajstić information content (AvgIpc) is 2.38. The topological polar surface area (TPSA) is 56.0 Å². The summed E-state index contributed by atoms with van der Waals surface area (Å²) in [5.74, 6) is 0.502. The molecule has 0 radical (unpaired) electrons. The van der Waals surface area contributed by atoms with Gasteiger partial charge in [-0.15, -0.1) is 0 Å². The molecule has 5 heteroatoms. The van der Waals surface area contributed by atoms with E-state index in [1.165, 1.54) is 6.07 Å². The van der Waals surface area contributed by atoms with Gasteiger partial charge in [0.25, 0.3) is 5.69 Å². The molecule has 4 nitrogen and oxygen atoms in total. The monoisotopic (exact) mass is 322 g/mol. The molecular formula is C14H15BrN2O2. The second kappa shape index (κ2) is 5.65. The second-order valence-corrected chi connectivity index (χ2v) is 6.04. The SMILES string of the molecule is CC(C)C(Br)Cc1ccnc2c([N+](=O)[O-])cccc12. The lowest BCUT2D eigenvalue weighted by Gasteiger charge is -2.14. The number of fused-ring (bicyclic) bond motifs is 1. The van der Waals surface area contributed by atoms with Crippen molar-refractivity contribution >= 4 is 32.5 Å². The number of non-ortho nitro benzene ring substituents is 1. The Labute approximate surface area is 120 Å². The Morgan fingerprint density at radius 2 is 2.11 bits per heavy atom. The van der Waals surface area contributed by atoms with Crippen LogP contribution in [-0.2, 0) is 6.42 Å². The van der Waals surface area contributed by atoms with Gasteiger partial charge in [-0.1, -0.05) is 41.9 Å². The van der Waals surface area contributed by atoms with Gasteiger partial charge in [-0.3, -0.25) is 10.1 Å². The van der Waals surface area contributed by atoms with E-state index < -0.39 is 0 Å². The first-order chi connectivity index (χ1) is 9.00. The summed E-state index contributed by atoms with van der Waals surface area (Å²) in [7, 11) is 0. The number of benzene rings is 1. The molecule has 19 heavy (non-hydrogen) atoms. The number of rotatable bonds is 4. The van der Waals surface area contributed by atoms with Crippen molar-refractivity contribution in [1.82, 2.24) is 4.98 Å². The van der Waals surface area contributed by atoms with Crippen molar-refractivity contribution in [2.75, 3.05) is 0 Å². The molecular weight excluding hydrogens is 308 g/mol. The third-order valence-corrected chi connectivity index (χ3v) is 4.56. The van der Waals surface area contributed by atoms with Crippen molar-refractivity contribution in [3.8, 4) is 0 Å². The van der Waals surface area contributed by atoms with Gasteiger partial charge in [0.05, 0.1) is 4.92 Å². The summed E-state index contributed by atoms with van der Waals surface area (Å²) in [5, 5.41) is 11.9. The van der Waals surface area contributed by atoms with Gasteiger partial charge in [-0.2, -0.15) is 0 Å². The number of hydrogen-bond acceptors (Lipinski definition) is 3. The third-order valence-electron chi connectivity index (χ3n) is 3.18.